The van der Waals surface area contributed by atoms with Crippen molar-refractivity contribution in [2.24, 2.45) is 0 Å². The van der Waals surface area contributed by atoms with Crippen molar-refractivity contribution in [1.82, 2.24) is 9.88 Å². The highest BCUT2D eigenvalue weighted by atomic mass is 32.1. The lowest BCUT2D eigenvalue weighted by Gasteiger charge is -2.24. The smallest absolute Gasteiger partial charge is 0.123 e. The van der Waals surface area contributed by atoms with Gasteiger partial charge in [-0.15, -0.1) is 11.3 Å². The number of thiazole rings is 1. The normalized spacial score (nSPS) is 17.2. The molecular weight excluding hydrogens is 356 g/mol. The fourth-order valence-corrected chi connectivity index (χ4v) is 4.51. The van der Waals surface area contributed by atoms with Gasteiger partial charge < -0.3 is 9.47 Å². The van der Waals surface area contributed by atoms with Gasteiger partial charge in [-0.25, -0.2) is 4.98 Å². The van der Waals surface area contributed by atoms with Gasteiger partial charge in [0.1, 0.15) is 16.5 Å². The maximum Gasteiger partial charge on any atom is 0.123 e. The van der Waals surface area contributed by atoms with Gasteiger partial charge in [0.15, 0.2) is 0 Å². The van der Waals surface area contributed by atoms with Crippen LogP contribution in [-0.4, -0.2) is 30.6 Å². The number of rotatable bonds is 6. The predicted octanol–water partition coefficient (Wildman–Crippen LogP) is 5.16. The molecule has 2 aromatic carbocycles. The first kappa shape index (κ1) is 18.0. The van der Waals surface area contributed by atoms with Crippen LogP contribution >= 0.6 is 11.3 Å². The van der Waals surface area contributed by atoms with Crippen molar-refractivity contribution in [2.45, 2.75) is 25.4 Å². The van der Waals surface area contributed by atoms with Gasteiger partial charge in [-0.05, 0) is 61.3 Å². The van der Waals surface area contributed by atoms with E-state index in [1.54, 1.807) is 25.6 Å². The summed E-state index contributed by atoms with van der Waals surface area (Å²) in [7, 11) is 3.41. The van der Waals surface area contributed by atoms with E-state index < -0.39 is 0 Å². The molecule has 1 unspecified atom stereocenters. The first-order valence-electron chi connectivity index (χ1n) is 9.23. The molecule has 1 atom stereocenters. The number of hydrogen-bond acceptors (Lipinski definition) is 5. The number of aromatic nitrogens is 1. The standard InChI is InChI=1S/C22H24N2O2S/c1-25-19-10-8-16(9-11-19)22-23-18(15-27-22)14-24-12-4-7-21(24)17-5-3-6-20(13-17)26-2/h3,5-6,8-11,13,15,21H,4,7,12,14H2,1-2H3. The Morgan fingerprint density at radius 1 is 1.07 bits per heavy atom. The maximum atomic E-state index is 5.40. The second-order valence-electron chi connectivity index (χ2n) is 6.78. The van der Waals surface area contributed by atoms with Crippen LogP contribution in [0.15, 0.2) is 53.9 Å². The minimum absolute atomic E-state index is 0.436. The first-order valence-corrected chi connectivity index (χ1v) is 10.1. The van der Waals surface area contributed by atoms with E-state index in [0.29, 0.717) is 6.04 Å². The molecular formula is C22H24N2O2S. The minimum Gasteiger partial charge on any atom is -0.497 e. The van der Waals surface area contributed by atoms with E-state index in [1.165, 1.54) is 18.4 Å². The monoisotopic (exact) mass is 380 g/mol. The zero-order chi connectivity index (χ0) is 18.6. The van der Waals surface area contributed by atoms with Gasteiger partial charge >= 0.3 is 0 Å². The molecule has 0 N–H and O–H groups in total. The molecule has 140 valence electrons. The van der Waals surface area contributed by atoms with Crippen LogP contribution in [0, 0.1) is 0 Å². The summed E-state index contributed by atoms with van der Waals surface area (Å²) in [6.07, 6.45) is 2.40. The largest absolute Gasteiger partial charge is 0.497 e. The summed E-state index contributed by atoms with van der Waals surface area (Å²) >= 11 is 1.70. The van der Waals surface area contributed by atoms with Crippen molar-refractivity contribution < 1.29 is 9.47 Å². The van der Waals surface area contributed by atoms with E-state index >= 15 is 0 Å². The Labute approximate surface area is 164 Å². The number of hydrogen-bond donors (Lipinski definition) is 0. The Morgan fingerprint density at radius 2 is 1.89 bits per heavy atom. The van der Waals surface area contributed by atoms with Crippen molar-refractivity contribution in [3.8, 4) is 22.1 Å². The molecule has 0 radical (unpaired) electrons. The quantitative estimate of drug-likeness (QED) is 0.591. The van der Waals surface area contributed by atoms with Crippen molar-refractivity contribution in [1.29, 1.82) is 0 Å². The summed E-state index contributed by atoms with van der Waals surface area (Å²) in [5.41, 5.74) is 3.61. The lowest BCUT2D eigenvalue weighted by Crippen LogP contribution is -2.22. The van der Waals surface area contributed by atoms with Crippen LogP contribution in [0.3, 0.4) is 0 Å². The van der Waals surface area contributed by atoms with Crippen LogP contribution in [0.5, 0.6) is 11.5 Å². The molecule has 1 saturated heterocycles. The maximum absolute atomic E-state index is 5.40. The molecule has 0 amide bonds. The highest BCUT2D eigenvalue weighted by Crippen LogP contribution is 2.35. The molecule has 3 aromatic rings. The molecule has 1 aromatic heterocycles. The summed E-state index contributed by atoms with van der Waals surface area (Å²) in [6.45, 7) is 1.99. The Kier molecular flexibility index (Phi) is 5.41. The minimum atomic E-state index is 0.436. The lowest BCUT2D eigenvalue weighted by atomic mass is 10.0. The molecule has 0 aliphatic carbocycles. The lowest BCUT2D eigenvalue weighted by molar-refractivity contribution is 0.245. The van der Waals surface area contributed by atoms with Gasteiger partial charge in [0.2, 0.25) is 0 Å². The van der Waals surface area contributed by atoms with Gasteiger partial charge in [-0.3, -0.25) is 4.90 Å². The van der Waals surface area contributed by atoms with Gasteiger partial charge in [0.25, 0.3) is 0 Å². The average Bonchev–Trinajstić information content (AvgIpc) is 3.38. The third kappa shape index (κ3) is 3.99. The van der Waals surface area contributed by atoms with Crippen LogP contribution in [0.4, 0.5) is 0 Å². The van der Waals surface area contributed by atoms with Crippen molar-refractivity contribution >= 4 is 11.3 Å². The number of likely N-dealkylation sites (tertiary alicyclic amines) is 1. The molecule has 1 aliphatic rings. The third-order valence-electron chi connectivity index (χ3n) is 5.10. The molecule has 0 bridgehead atoms. The number of ether oxygens (including phenoxy) is 2. The van der Waals surface area contributed by atoms with Crippen molar-refractivity contribution in [2.75, 3.05) is 20.8 Å². The van der Waals surface area contributed by atoms with E-state index in [0.717, 1.165) is 40.9 Å². The fraction of sp³-hybridized carbons (Fsp3) is 0.318. The molecule has 1 fully saturated rings. The molecule has 0 spiro atoms. The summed E-state index contributed by atoms with van der Waals surface area (Å²) in [6, 6.07) is 17.0. The summed E-state index contributed by atoms with van der Waals surface area (Å²) in [4.78, 5) is 7.40. The fourth-order valence-electron chi connectivity index (χ4n) is 3.70. The second kappa shape index (κ2) is 8.11. The predicted molar refractivity (Wildman–Crippen MR) is 109 cm³/mol. The Morgan fingerprint density at radius 3 is 2.67 bits per heavy atom. The van der Waals surface area contributed by atoms with E-state index in [9.17, 15) is 0 Å². The molecule has 4 rings (SSSR count). The van der Waals surface area contributed by atoms with Crippen molar-refractivity contribution in [3.05, 3.63) is 65.2 Å². The molecule has 2 heterocycles. The van der Waals surface area contributed by atoms with E-state index in [2.05, 4.69) is 40.6 Å². The van der Waals surface area contributed by atoms with Crippen LogP contribution in [-0.2, 0) is 6.54 Å². The first-order chi connectivity index (χ1) is 13.3. The molecule has 1 aliphatic heterocycles. The van der Waals surface area contributed by atoms with Gasteiger partial charge in [0, 0.05) is 23.5 Å². The zero-order valence-electron chi connectivity index (χ0n) is 15.7. The number of benzene rings is 2. The number of methoxy groups -OCH3 is 2. The van der Waals surface area contributed by atoms with E-state index in [4.69, 9.17) is 14.5 Å². The topological polar surface area (TPSA) is 34.6 Å². The Hall–Kier alpha value is -2.37. The average molecular weight is 381 g/mol. The number of nitrogens with zero attached hydrogens (tertiary/aromatic N) is 2. The zero-order valence-corrected chi connectivity index (χ0v) is 16.5. The van der Waals surface area contributed by atoms with E-state index in [-0.39, 0.29) is 0 Å². The second-order valence-corrected chi connectivity index (χ2v) is 7.64. The highest BCUT2D eigenvalue weighted by molar-refractivity contribution is 7.13. The molecule has 27 heavy (non-hydrogen) atoms. The molecule has 0 saturated carbocycles. The van der Waals surface area contributed by atoms with Gasteiger partial charge in [0.05, 0.1) is 19.9 Å². The SMILES string of the molecule is COc1ccc(-c2nc(CN3CCCC3c3cccc(OC)c3)cs2)cc1. The summed E-state index contributed by atoms with van der Waals surface area (Å²) < 4.78 is 10.6. The van der Waals surface area contributed by atoms with E-state index in [1.807, 2.05) is 18.2 Å². The van der Waals surface area contributed by atoms with Crippen LogP contribution in [0.2, 0.25) is 0 Å². The highest BCUT2D eigenvalue weighted by Gasteiger charge is 2.26. The Bertz CT molecular complexity index is 891. The van der Waals surface area contributed by atoms with Crippen molar-refractivity contribution in [3.63, 3.8) is 0 Å². The molecule has 5 heteroatoms. The third-order valence-corrected chi connectivity index (χ3v) is 6.04. The van der Waals surface area contributed by atoms with Crippen LogP contribution in [0.1, 0.15) is 30.1 Å². The van der Waals surface area contributed by atoms with Crippen LogP contribution in [0.25, 0.3) is 10.6 Å². The van der Waals surface area contributed by atoms with Gasteiger partial charge in [-0.1, -0.05) is 12.1 Å². The van der Waals surface area contributed by atoms with Gasteiger partial charge in [-0.2, -0.15) is 0 Å². The molecule has 4 nitrogen and oxygen atoms in total. The summed E-state index contributed by atoms with van der Waals surface area (Å²) in [5.74, 6) is 1.79. The Balaban J connectivity index is 1.49. The van der Waals surface area contributed by atoms with Crippen LogP contribution < -0.4 is 9.47 Å². The summed E-state index contributed by atoms with van der Waals surface area (Å²) in [5, 5.41) is 3.24.